The third kappa shape index (κ3) is 4.58. The molecule has 4 rings (SSSR count). The lowest BCUT2D eigenvalue weighted by Gasteiger charge is -2.20. The molecular weight excluding hydrogens is 408 g/mol. The number of carbonyl (C=O) groups excluding carboxylic acids is 1. The maximum atomic E-state index is 13.5. The van der Waals surface area contributed by atoms with Gasteiger partial charge in [-0.3, -0.25) is 9.36 Å². The van der Waals surface area contributed by atoms with E-state index in [2.05, 4.69) is 12.1 Å². The Morgan fingerprint density at radius 1 is 1.12 bits per heavy atom. The third-order valence-electron chi connectivity index (χ3n) is 6.18. The normalized spacial score (nSPS) is 15.8. The molecule has 32 heavy (non-hydrogen) atoms. The van der Waals surface area contributed by atoms with E-state index in [1.807, 2.05) is 25.1 Å². The number of aromatic nitrogens is 1. The summed E-state index contributed by atoms with van der Waals surface area (Å²) in [5.41, 5.74) is 5.89. The van der Waals surface area contributed by atoms with E-state index >= 15 is 0 Å². The molecule has 5 heteroatoms. The lowest BCUT2D eigenvalue weighted by atomic mass is 9.90. The van der Waals surface area contributed by atoms with Crippen molar-refractivity contribution in [2.45, 2.75) is 51.6 Å². The van der Waals surface area contributed by atoms with Crippen molar-refractivity contribution in [2.24, 2.45) is 0 Å². The summed E-state index contributed by atoms with van der Waals surface area (Å²) in [5, 5.41) is 10.3. The zero-order chi connectivity index (χ0) is 22.7. The Labute approximate surface area is 187 Å². The Kier molecular flexibility index (Phi) is 6.66. The van der Waals surface area contributed by atoms with Crippen molar-refractivity contribution in [3.63, 3.8) is 0 Å². The molecule has 166 valence electrons. The number of nitrogens with zero attached hydrogens (tertiary/aromatic N) is 1. The molecule has 0 aliphatic heterocycles. The van der Waals surface area contributed by atoms with E-state index in [-0.39, 0.29) is 5.91 Å². The minimum atomic E-state index is -0.946. The highest BCUT2D eigenvalue weighted by Gasteiger charge is 2.29. The average molecular weight is 436 g/mol. The van der Waals surface area contributed by atoms with Crippen LogP contribution in [0.4, 0.5) is 8.78 Å². The standard InChI is InChI=1S/C27H27F2NO2/c1-2-25-21(12-8-18-6-4-3-5-7-18)22-13-11-20(31)17-26(22)30(25)27(32)15-10-19-9-14-23(28)24(29)16-19/h3-7,9-10,14-16,20,31H,2,8,11-13,17H2,1H3/b15-10+. The van der Waals surface area contributed by atoms with E-state index in [1.165, 1.54) is 34.9 Å². The van der Waals surface area contributed by atoms with E-state index in [0.717, 1.165) is 42.8 Å². The summed E-state index contributed by atoms with van der Waals surface area (Å²) in [4.78, 5) is 13.2. The van der Waals surface area contributed by atoms with Crippen molar-refractivity contribution in [2.75, 3.05) is 0 Å². The first-order chi connectivity index (χ1) is 15.5. The first-order valence-electron chi connectivity index (χ1n) is 11.1. The molecule has 1 N–H and O–H groups in total. The number of hydrogen-bond donors (Lipinski definition) is 1. The lowest BCUT2D eigenvalue weighted by Crippen LogP contribution is -2.23. The minimum absolute atomic E-state index is 0.233. The van der Waals surface area contributed by atoms with Crippen LogP contribution in [0.2, 0.25) is 0 Å². The van der Waals surface area contributed by atoms with Gasteiger partial charge in [0.1, 0.15) is 0 Å². The van der Waals surface area contributed by atoms with Gasteiger partial charge in [-0.2, -0.15) is 0 Å². The van der Waals surface area contributed by atoms with Crippen LogP contribution >= 0.6 is 0 Å². The molecule has 0 bridgehead atoms. The van der Waals surface area contributed by atoms with Gasteiger partial charge < -0.3 is 5.11 Å². The predicted octanol–water partition coefficient (Wildman–Crippen LogP) is 5.32. The predicted molar refractivity (Wildman–Crippen MR) is 122 cm³/mol. The zero-order valence-corrected chi connectivity index (χ0v) is 18.2. The third-order valence-corrected chi connectivity index (χ3v) is 6.18. The van der Waals surface area contributed by atoms with Gasteiger partial charge in [0, 0.05) is 23.9 Å². The maximum Gasteiger partial charge on any atom is 0.255 e. The van der Waals surface area contributed by atoms with Crippen molar-refractivity contribution in [3.05, 3.63) is 99.9 Å². The monoisotopic (exact) mass is 435 g/mol. The van der Waals surface area contributed by atoms with Crippen LogP contribution in [-0.2, 0) is 32.1 Å². The summed E-state index contributed by atoms with van der Waals surface area (Å²) < 4.78 is 28.4. The number of aliphatic hydroxyl groups is 1. The number of carbonyl (C=O) groups is 1. The summed E-state index contributed by atoms with van der Waals surface area (Å²) in [6, 6.07) is 13.8. The molecule has 0 spiro atoms. The average Bonchev–Trinajstić information content (AvgIpc) is 3.11. The fraction of sp³-hybridized carbons (Fsp3) is 0.296. The molecular formula is C27H27F2NO2. The SMILES string of the molecule is CCc1c(CCc2ccccc2)c2c(n1C(=O)/C=C/c1ccc(F)c(F)c1)CC(O)CC2. The Bertz CT molecular complexity index is 1150. The Balaban J connectivity index is 1.68. The van der Waals surface area contributed by atoms with Gasteiger partial charge in [-0.15, -0.1) is 0 Å². The minimum Gasteiger partial charge on any atom is -0.393 e. The van der Waals surface area contributed by atoms with Gasteiger partial charge in [-0.1, -0.05) is 43.3 Å². The highest BCUT2D eigenvalue weighted by molar-refractivity contribution is 5.95. The van der Waals surface area contributed by atoms with E-state index < -0.39 is 17.7 Å². The zero-order valence-electron chi connectivity index (χ0n) is 18.2. The Morgan fingerprint density at radius 3 is 2.62 bits per heavy atom. The second-order valence-corrected chi connectivity index (χ2v) is 8.27. The first kappa shape index (κ1) is 22.2. The van der Waals surface area contributed by atoms with Crippen molar-refractivity contribution < 1.29 is 18.7 Å². The molecule has 1 aromatic heterocycles. The first-order valence-corrected chi connectivity index (χ1v) is 11.1. The largest absolute Gasteiger partial charge is 0.393 e. The van der Waals surface area contributed by atoms with Crippen molar-refractivity contribution >= 4 is 12.0 Å². The second-order valence-electron chi connectivity index (χ2n) is 8.27. The van der Waals surface area contributed by atoms with Crippen LogP contribution in [0.5, 0.6) is 0 Å². The van der Waals surface area contributed by atoms with Gasteiger partial charge in [0.2, 0.25) is 0 Å². The second kappa shape index (κ2) is 9.61. The van der Waals surface area contributed by atoms with Crippen LogP contribution in [-0.4, -0.2) is 21.7 Å². The van der Waals surface area contributed by atoms with Crippen molar-refractivity contribution in [1.82, 2.24) is 4.57 Å². The molecule has 1 atom stereocenters. The van der Waals surface area contributed by atoms with Gasteiger partial charge in [0.05, 0.1) is 6.10 Å². The number of aliphatic hydroxyl groups excluding tert-OH is 1. The highest BCUT2D eigenvalue weighted by Crippen LogP contribution is 2.32. The molecule has 3 aromatic rings. The number of fused-ring (bicyclic) bond motifs is 1. The molecule has 1 aliphatic rings. The summed E-state index contributed by atoms with van der Waals surface area (Å²) in [6.07, 6.45) is 6.72. The summed E-state index contributed by atoms with van der Waals surface area (Å²) >= 11 is 0. The Hall–Kier alpha value is -3.05. The molecule has 3 nitrogen and oxygen atoms in total. The van der Waals surface area contributed by atoms with Crippen LogP contribution in [0.25, 0.3) is 6.08 Å². The van der Waals surface area contributed by atoms with Gasteiger partial charge in [-0.25, -0.2) is 8.78 Å². The van der Waals surface area contributed by atoms with Gasteiger partial charge in [0.25, 0.3) is 5.91 Å². The maximum absolute atomic E-state index is 13.5. The van der Waals surface area contributed by atoms with E-state index in [4.69, 9.17) is 0 Å². The topological polar surface area (TPSA) is 42.2 Å². The fourth-order valence-corrected chi connectivity index (χ4v) is 4.63. The van der Waals surface area contributed by atoms with Crippen LogP contribution in [0.1, 0.15) is 51.8 Å². The van der Waals surface area contributed by atoms with Crippen LogP contribution in [0.3, 0.4) is 0 Å². The number of allylic oxidation sites excluding steroid dienone is 1. The Morgan fingerprint density at radius 2 is 1.91 bits per heavy atom. The van der Waals surface area contributed by atoms with Gasteiger partial charge >= 0.3 is 0 Å². The molecule has 0 amide bonds. The summed E-state index contributed by atoms with van der Waals surface area (Å²) in [7, 11) is 0. The quantitative estimate of drug-likeness (QED) is 0.533. The smallest absolute Gasteiger partial charge is 0.255 e. The van der Waals surface area contributed by atoms with Crippen molar-refractivity contribution in [3.8, 4) is 0 Å². The molecule has 1 heterocycles. The van der Waals surface area contributed by atoms with Crippen LogP contribution < -0.4 is 0 Å². The van der Waals surface area contributed by atoms with E-state index in [1.54, 1.807) is 4.57 Å². The number of halogens is 2. The van der Waals surface area contributed by atoms with Gasteiger partial charge in [-0.05, 0) is 72.6 Å². The summed E-state index contributed by atoms with van der Waals surface area (Å²) in [5.74, 6) is -2.10. The number of rotatable bonds is 6. The number of hydrogen-bond acceptors (Lipinski definition) is 2. The number of aryl methyl sites for hydroxylation is 1. The molecule has 0 fully saturated rings. The van der Waals surface area contributed by atoms with Crippen molar-refractivity contribution in [1.29, 1.82) is 0 Å². The highest BCUT2D eigenvalue weighted by atomic mass is 19.2. The van der Waals surface area contributed by atoms with Crippen LogP contribution in [0.15, 0.2) is 54.6 Å². The van der Waals surface area contributed by atoms with E-state index in [0.29, 0.717) is 24.8 Å². The molecule has 0 saturated heterocycles. The van der Waals surface area contributed by atoms with E-state index in [9.17, 15) is 18.7 Å². The number of benzene rings is 2. The lowest BCUT2D eigenvalue weighted by molar-refractivity contribution is 0.0957. The van der Waals surface area contributed by atoms with Crippen LogP contribution in [0, 0.1) is 11.6 Å². The molecule has 0 radical (unpaired) electrons. The molecule has 2 aromatic carbocycles. The molecule has 1 aliphatic carbocycles. The van der Waals surface area contributed by atoms with Gasteiger partial charge in [0.15, 0.2) is 11.6 Å². The fourth-order valence-electron chi connectivity index (χ4n) is 4.63. The summed E-state index contributed by atoms with van der Waals surface area (Å²) in [6.45, 7) is 2.03. The molecule has 1 unspecified atom stereocenters. The molecule has 0 saturated carbocycles.